The third-order valence-corrected chi connectivity index (χ3v) is 2.60. The first kappa shape index (κ1) is 13.0. The Morgan fingerprint density at radius 3 is 2.95 bits per heavy atom. The van der Waals surface area contributed by atoms with Gasteiger partial charge < -0.3 is 15.0 Å². The third kappa shape index (κ3) is 3.06. The summed E-state index contributed by atoms with van der Waals surface area (Å²) in [5, 5.41) is 3.20. The van der Waals surface area contributed by atoms with Gasteiger partial charge in [-0.25, -0.2) is 19.7 Å². The maximum absolute atomic E-state index is 11.4. The fraction of sp³-hybridized carbons (Fsp3) is 0.333. The Morgan fingerprint density at radius 1 is 1.47 bits per heavy atom. The van der Waals surface area contributed by atoms with E-state index in [1.54, 1.807) is 18.5 Å². The Bertz CT molecular complexity index is 541. The smallest absolute Gasteiger partial charge is 0.376 e. The molecule has 0 aromatic carbocycles. The van der Waals surface area contributed by atoms with Gasteiger partial charge in [0.2, 0.25) is 5.82 Å². The highest BCUT2D eigenvalue weighted by atomic mass is 16.5. The van der Waals surface area contributed by atoms with Crippen LogP contribution in [-0.4, -0.2) is 33.0 Å². The van der Waals surface area contributed by atoms with Crippen molar-refractivity contribution >= 4 is 11.8 Å². The molecule has 0 bridgehead atoms. The van der Waals surface area contributed by atoms with Crippen molar-refractivity contribution in [1.82, 2.24) is 19.9 Å². The first-order chi connectivity index (χ1) is 9.24. The molecule has 0 aliphatic carbocycles. The summed E-state index contributed by atoms with van der Waals surface area (Å²) in [4.78, 5) is 26.6. The van der Waals surface area contributed by atoms with Gasteiger partial charge in [0.15, 0.2) is 0 Å². The number of imidazole rings is 1. The molecule has 0 amide bonds. The normalized spacial score (nSPS) is 11.9. The van der Waals surface area contributed by atoms with Gasteiger partial charge in [-0.15, -0.1) is 0 Å². The average molecular weight is 261 g/mol. The van der Waals surface area contributed by atoms with Gasteiger partial charge in [0.1, 0.15) is 11.6 Å². The summed E-state index contributed by atoms with van der Waals surface area (Å²) in [7, 11) is 1.30. The fourth-order valence-electron chi connectivity index (χ4n) is 1.64. The molecule has 1 unspecified atom stereocenters. The first-order valence-electron chi connectivity index (χ1n) is 5.91. The molecule has 2 N–H and O–H groups in total. The van der Waals surface area contributed by atoms with Crippen LogP contribution in [0.1, 0.15) is 35.8 Å². The Balaban J connectivity index is 2.16. The quantitative estimate of drug-likeness (QED) is 0.793. The van der Waals surface area contributed by atoms with Crippen molar-refractivity contribution in [1.29, 1.82) is 0 Å². The predicted octanol–water partition coefficient (Wildman–Crippen LogP) is 1.55. The van der Waals surface area contributed by atoms with Crippen LogP contribution in [0.15, 0.2) is 24.7 Å². The Hall–Kier alpha value is -2.44. The number of hydrogen-bond acceptors (Lipinski definition) is 6. The van der Waals surface area contributed by atoms with Crippen LogP contribution in [0.2, 0.25) is 0 Å². The summed E-state index contributed by atoms with van der Waals surface area (Å²) in [5.74, 6) is 0.843. The molecule has 1 atom stereocenters. The topological polar surface area (TPSA) is 92.8 Å². The number of aromatic nitrogens is 4. The molecule has 0 spiro atoms. The molecule has 0 aliphatic rings. The van der Waals surface area contributed by atoms with Crippen molar-refractivity contribution in [2.75, 3.05) is 12.4 Å². The number of anilines is 1. The van der Waals surface area contributed by atoms with E-state index in [2.05, 4.69) is 30.0 Å². The highest BCUT2D eigenvalue weighted by molar-refractivity contribution is 5.85. The number of nitrogens with one attached hydrogen (secondary N) is 2. The van der Waals surface area contributed by atoms with E-state index in [0.29, 0.717) is 5.82 Å². The van der Waals surface area contributed by atoms with Gasteiger partial charge in [-0.3, -0.25) is 0 Å². The summed E-state index contributed by atoms with van der Waals surface area (Å²) >= 11 is 0. The number of carbonyl (C=O) groups excluding carboxylic acids is 1. The van der Waals surface area contributed by atoms with Gasteiger partial charge in [0.25, 0.3) is 0 Å². The monoisotopic (exact) mass is 261 g/mol. The summed E-state index contributed by atoms with van der Waals surface area (Å²) < 4.78 is 4.58. The molecular formula is C12H15N5O2. The minimum atomic E-state index is -0.560. The lowest BCUT2D eigenvalue weighted by Gasteiger charge is -2.15. The second-order valence-electron chi connectivity index (χ2n) is 3.84. The van der Waals surface area contributed by atoms with Gasteiger partial charge in [0, 0.05) is 18.6 Å². The largest absolute Gasteiger partial charge is 0.463 e. The van der Waals surface area contributed by atoms with Crippen LogP contribution in [-0.2, 0) is 4.74 Å². The first-order valence-corrected chi connectivity index (χ1v) is 5.91. The van der Waals surface area contributed by atoms with Crippen LogP contribution in [0.4, 0.5) is 5.82 Å². The van der Waals surface area contributed by atoms with E-state index in [-0.39, 0.29) is 11.9 Å². The van der Waals surface area contributed by atoms with Crippen LogP contribution in [0.25, 0.3) is 0 Å². The van der Waals surface area contributed by atoms with Crippen LogP contribution < -0.4 is 5.32 Å². The zero-order chi connectivity index (χ0) is 13.7. The molecule has 100 valence electrons. The molecule has 0 fully saturated rings. The molecule has 0 radical (unpaired) electrons. The van der Waals surface area contributed by atoms with Crippen LogP contribution in [0, 0.1) is 0 Å². The fourth-order valence-corrected chi connectivity index (χ4v) is 1.64. The van der Waals surface area contributed by atoms with Crippen molar-refractivity contribution in [3.05, 3.63) is 36.3 Å². The minimum absolute atomic E-state index is 0.00426. The Kier molecular flexibility index (Phi) is 4.07. The van der Waals surface area contributed by atoms with Crippen molar-refractivity contribution in [3.8, 4) is 0 Å². The van der Waals surface area contributed by atoms with Crippen LogP contribution in [0.5, 0.6) is 0 Å². The van der Waals surface area contributed by atoms with Crippen LogP contribution in [0.3, 0.4) is 0 Å². The highest BCUT2D eigenvalue weighted by Gasteiger charge is 2.14. The molecular weight excluding hydrogens is 246 g/mol. The minimum Gasteiger partial charge on any atom is -0.463 e. The maximum atomic E-state index is 11.4. The van der Waals surface area contributed by atoms with E-state index in [4.69, 9.17) is 0 Å². The predicted molar refractivity (Wildman–Crippen MR) is 68.6 cm³/mol. The van der Waals surface area contributed by atoms with E-state index >= 15 is 0 Å². The van der Waals surface area contributed by atoms with Crippen molar-refractivity contribution in [2.24, 2.45) is 0 Å². The van der Waals surface area contributed by atoms with Gasteiger partial charge in [-0.05, 0) is 12.5 Å². The lowest BCUT2D eigenvalue weighted by Crippen LogP contribution is -2.14. The molecule has 19 heavy (non-hydrogen) atoms. The summed E-state index contributed by atoms with van der Waals surface area (Å²) in [6, 6.07) is 1.69. The van der Waals surface area contributed by atoms with Gasteiger partial charge in [-0.2, -0.15) is 0 Å². The molecule has 7 heteroatoms. The van der Waals surface area contributed by atoms with Gasteiger partial charge in [-0.1, -0.05) is 6.92 Å². The molecule has 0 saturated carbocycles. The van der Waals surface area contributed by atoms with Crippen molar-refractivity contribution in [2.45, 2.75) is 19.4 Å². The molecule has 7 nitrogen and oxygen atoms in total. The number of ether oxygens (including phenoxy) is 1. The third-order valence-electron chi connectivity index (χ3n) is 2.60. The van der Waals surface area contributed by atoms with E-state index in [9.17, 15) is 4.79 Å². The zero-order valence-electron chi connectivity index (χ0n) is 10.8. The summed E-state index contributed by atoms with van der Waals surface area (Å²) in [5.41, 5.74) is 0. The summed E-state index contributed by atoms with van der Waals surface area (Å²) in [6.07, 6.45) is 5.79. The Morgan fingerprint density at radius 2 is 2.32 bits per heavy atom. The molecule has 0 aliphatic heterocycles. The lowest BCUT2D eigenvalue weighted by atomic mass is 10.2. The Labute approximate surface area is 110 Å². The lowest BCUT2D eigenvalue weighted by molar-refractivity contribution is 0.0587. The molecule has 0 saturated heterocycles. The van der Waals surface area contributed by atoms with E-state index in [1.165, 1.54) is 13.3 Å². The second kappa shape index (κ2) is 5.94. The SMILES string of the molecule is CCC(Nc1ccnc(C(=O)OC)n1)c1ncc[nH]1. The van der Waals surface area contributed by atoms with Gasteiger partial charge >= 0.3 is 5.97 Å². The highest BCUT2D eigenvalue weighted by Crippen LogP contribution is 2.17. The van der Waals surface area contributed by atoms with Crippen molar-refractivity contribution < 1.29 is 9.53 Å². The standard InChI is InChI=1S/C12H15N5O2/c1-3-8(10-14-6-7-15-10)16-9-4-5-13-11(17-9)12(18)19-2/h4-8H,3H2,1-2H3,(H,14,15)(H,13,16,17). The molecule has 2 rings (SSSR count). The number of nitrogens with zero attached hydrogens (tertiary/aromatic N) is 3. The number of aromatic amines is 1. The number of rotatable bonds is 5. The zero-order valence-corrected chi connectivity index (χ0v) is 10.8. The van der Waals surface area contributed by atoms with Crippen LogP contribution >= 0.6 is 0 Å². The number of esters is 1. The van der Waals surface area contributed by atoms with E-state index in [0.717, 1.165) is 12.2 Å². The molecule has 2 aromatic heterocycles. The number of carbonyl (C=O) groups is 1. The molecule has 2 aromatic rings. The van der Waals surface area contributed by atoms with E-state index in [1.807, 2.05) is 6.92 Å². The number of hydrogen-bond donors (Lipinski definition) is 2. The van der Waals surface area contributed by atoms with Gasteiger partial charge in [0.05, 0.1) is 13.2 Å². The molecule has 2 heterocycles. The maximum Gasteiger partial charge on any atom is 0.376 e. The number of H-pyrrole nitrogens is 1. The van der Waals surface area contributed by atoms with Crippen molar-refractivity contribution in [3.63, 3.8) is 0 Å². The second-order valence-corrected chi connectivity index (χ2v) is 3.84. The average Bonchev–Trinajstić information content (AvgIpc) is 2.98. The summed E-state index contributed by atoms with van der Waals surface area (Å²) in [6.45, 7) is 2.03. The van der Waals surface area contributed by atoms with E-state index < -0.39 is 5.97 Å². The number of methoxy groups -OCH3 is 1.